The zero-order valence-electron chi connectivity index (χ0n) is 15.8. The van der Waals surface area contributed by atoms with Crippen LogP contribution >= 0.6 is 0 Å². The van der Waals surface area contributed by atoms with Gasteiger partial charge in [0, 0.05) is 30.2 Å². The van der Waals surface area contributed by atoms with Gasteiger partial charge < -0.3 is 10.6 Å². The van der Waals surface area contributed by atoms with Gasteiger partial charge in [-0.1, -0.05) is 23.8 Å². The lowest BCUT2D eigenvalue weighted by molar-refractivity contribution is 0.0956. The Morgan fingerprint density at radius 2 is 1.93 bits per heavy atom. The topological polar surface area (TPSA) is 77.8 Å². The number of hydrogen-bond donors (Lipinski definition) is 2. The van der Waals surface area contributed by atoms with E-state index >= 15 is 0 Å². The molecule has 5 heteroatoms. The number of nitrogens with zero attached hydrogens (tertiary/aromatic N) is 2. The van der Waals surface area contributed by atoms with E-state index in [9.17, 15) is 10.1 Å². The summed E-state index contributed by atoms with van der Waals surface area (Å²) in [6.45, 7) is 7.11. The van der Waals surface area contributed by atoms with Gasteiger partial charge in [-0.2, -0.15) is 5.26 Å². The fraction of sp³-hybridized carbons (Fsp3) is 0.227. The summed E-state index contributed by atoms with van der Waals surface area (Å²) in [4.78, 5) is 16.3. The Morgan fingerprint density at radius 1 is 1.19 bits per heavy atom. The molecule has 2 N–H and O–H groups in total. The van der Waals surface area contributed by atoms with Gasteiger partial charge in [0.25, 0.3) is 5.91 Å². The Kier molecular flexibility index (Phi) is 5.37. The highest BCUT2D eigenvalue weighted by Gasteiger charge is 2.11. The summed E-state index contributed by atoms with van der Waals surface area (Å²) >= 11 is 0. The number of anilines is 1. The first-order valence-electron chi connectivity index (χ1n) is 8.94. The number of nitrogens with one attached hydrogen (secondary N) is 2. The van der Waals surface area contributed by atoms with E-state index in [2.05, 4.69) is 33.8 Å². The van der Waals surface area contributed by atoms with E-state index in [0.29, 0.717) is 24.2 Å². The Morgan fingerprint density at radius 3 is 2.59 bits per heavy atom. The van der Waals surface area contributed by atoms with Crippen LogP contribution in [0.15, 0.2) is 42.6 Å². The minimum absolute atomic E-state index is 0.0742. The Hall–Kier alpha value is -3.39. The van der Waals surface area contributed by atoms with Gasteiger partial charge in [0.2, 0.25) is 0 Å². The standard InChI is InChI=1S/C22H22N4O/c1-4-24-22(27)17-7-5-16(6-8-17)12-25-21-18(11-23)13-26-20-15(3)9-14(2)10-19(20)21/h5-10,13H,4,12H2,1-3H3,(H,24,27)(H,25,26). The number of benzene rings is 2. The van der Waals surface area contributed by atoms with E-state index in [0.717, 1.165) is 33.3 Å². The second-order valence-corrected chi connectivity index (χ2v) is 6.55. The van der Waals surface area contributed by atoms with Gasteiger partial charge in [-0.15, -0.1) is 0 Å². The van der Waals surface area contributed by atoms with E-state index in [1.165, 1.54) is 0 Å². The van der Waals surface area contributed by atoms with Gasteiger partial charge in [-0.25, -0.2) is 0 Å². The van der Waals surface area contributed by atoms with Crippen molar-refractivity contribution in [1.29, 1.82) is 5.26 Å². The number of hydrogen-bond acceptors (Lipinski definition) is 4. The number of aryl methyl sites for hydroxylation is 2. The zero-order valence-corrected chi connectivity index (χ0v) is 15.8. The van der Waals surface area contributed by atoms with Gasteiger partial charge >= 0.3 is 0 Å². The molecule has 3 aromatic rings. The molecule has 27 heavy (non-hydrogen) atoms. The third-order valence-electron chi connectivity index (χ3n) is 4.45. The minimum atomic E-state index is -0.0742. The van der Waals surface area contributed by atoms with Gasteiger partial charge in [0.1, 0.15) is 6.07 Å². The van der Waals surface area contributed by atoms with Crippen LogP contribution in [-0.4, -0.2) is 17.4 Å². The Labute approximate surface area is 159 Å². The Balaban J connectivity index is 1.88. The summed E-state index contributed by atoms with van der Waals surface area (Å²) in [6.07, 6.45) is 1.62. The minimum Gasteiger partial charge on any atom is -0.379 e. The van der Waals surface area contributed by atoms with Crippen molar-refractivity contribution in [2.75, 3.05) is 11.9 Å². The van der Waals surface area contributed by atoms with Crippen LogP contribution in [0.25, 0.3) is 10.9 Å². The highest BCUT2D eigenvalue weighted by Crippen LogP contribution is 2.29. The summed E-state index contributed by atoms with van der Waals surface area (Å²) in [6, 6.07) is 13.8. The van der Waals surface area contributed by atoms with Crippen LogP contribution < -0.4 is 10.6 Å². The van der Waals surface area contributed by atoms with Crippen molar-refractivity contribution in [3.05, 3.63) is 70.4 Å². The number of carbonyl (C=O) groups is 1. The Bertz CT molecular complexity index is 1030. The summed E-state index contributed by atoms with van der Waals surface area (Å²) in [7, 11) is 0. The van der Waals surface area contributed by atoms with Gasteiger partial charge in [0.05, 0.1) is 16.8 Å². The van der Waals surface area contributed by atoms with E-state index < -0.39 is 0 Å². The number of fused-ring (bicyclic) bond motifs is 1. The molecule has 0 unspecified atom stereocenters. The first kappa shape index (κ1) is 18.4. The first-order valence-corrected chi connectivity index (χ1v) is 8.94. The number of carbonyl (C=O) groups excluding carboxylic acids is 1. The molecule has 0 aliphatic heterocycles. The normalized spacial score (nSPS) is 10.4. The number of nitriles is 1. The molecule has 1 heterocycles. The fourth-order valence-corrected chi connectivity index (χ4v) is 3.16. The van der Waals surface area contributed by atoms with Crippen molar-refractivity contribution in [3.63, 3.8) is 0 Å². The number of pyridine rings is 1. The van der Waals surface area contributed by atoms with Crippen LogP contribution in [0, 0.1) is 25.2 Å². The number of amides is 1. The van der Waals surface area contributed by atoms with Crippen LogP contribution in [0.2, 0.25) is 0 Å². The van der Waals surface area contributed by atoms with Crippen molar-refractivity contribution < 1.29 is 4.79 Å². The summed E-state index contributed by atoms with van der Waals surface area (Å²) < 4.78 is 0. The number of rotatable bonds is 5. The largest absolute Gasteiger partial charge is 0.379 e. The van der Waals surface area contributed by atoms with Crippen LogP contribution in [0.4, 0.5) is 5.69 Å². The SMILES string of the molecule is CCNC(=O)c1ccc(CNc2c(C#N)cnc3c(C)cc(C)cc23)cc1. The van der Waals surface area contributed by atoms with Crippen molar-refractivity contribution in [2.24, 2.45) is 0 Å². The molecule has 0 aliphatic rings. The highest BCUT2D eigenvalue weighted by molar-refractivity contribution is 5.96. The molecule has 0 spiro atoms. The molecular weight excluding hydrogens is 336 g/mol. The predicted octanol–water partition coefficient (Wildman–Crippen LogP) is 4.09. The molecule has 5 nitrogen and oxygen atoms in total. The van der Waals surface area contributed by atoms with Crippen molar-refractivity contribution in [2.45, 2.75) is 27.3 Å². The summed E-state index contributed by atoms with van der Waals surface area (Å²) in [5.74, 6) is -0.0742. The second kappa shape index (κ2) is 7.88. The molecule has 0 aliphatic carbocycles. The highest BCUT2D eigenvalue weighted by atomic mass is 16.1. The maximum Gasteiger partial charge on any atom is 0.251 e. The average Bonchev–Trinajstić information content (AvgIpc) is 2.66. The molecular formula is C22H22N4O. The predicted molar refractivity (Wildman–Crippen MR) is 108 cm³/mol. The third-order valence-corrected chi connectivity index (χ3v) is 4.45. The second-order valence-electron chi connectivity index (χ2n) is 6.55. The molecule has 2 aromatic carbocycles. The molecule has 136 valence electrons. The molecule has 0 atom stereocenters. The smallest absolute Gasteiger partial charge is 0.251 e. The van der Waals surface area contributed by atoms with Gasteiger partial charge in [-0.3, -0.25) is 9.78 Å². The van der Waals surface area contributed by atoms with Crippen molar-refractivity contribution in [3.8, 4) is 6.07 Å². The molecule has 0 bridgehead atoms. The van der Waals surface area contributed by atoms with E-state index in [1.54, 1.807) is 6.20 Å². The lowest BCUT2D eigenvalue weighted by Gasteiger charge is -2.13. The van der Waals surface area contributed by atoms with Crippen LogP contribution in [0.1, 0.15) is 39.5 Å². The molecule has 1 aromatic heterocycles. The number of aromatic nitrogens is 1. The molecule has 0 saturated carbocycles. The van der Waals surface area contributed by atoms with Crippen LogP contribution in [0.3, 0.4) is 0 Å². The van der Waals surface area contributed by atoms with E-state index in [-0.39, 0.29) is 5.91 Å². The molecule has 0 radical (unpaired) electrons. The lowest BCUT2D eigenvalue weighted by Crippen LogP contribution is -2.22. The van der Waals surface area contributed by atoms with Crippen molar-refractivity contribution >= 4 is 22.5 Å². The lowest BCUT2D eigenvalue weighted by atomic mass is 10.0. The van der Waals surface area contributed by atoms with Crippen LogP contribution in [0.5, 0.6) is 0 Å². The monoisotopic (exact) mass is 358 g/mol. The maximum atomic E-state index is 11.9. The average molecular weight is 358 g/mol. The molecule has 1 amide bonds. The first-order chi connectivity index (χ1) is 13.0. The molecule has 0 fully saturated rings. The summed E-state index contributed by atoms with van der Waals surface area (Å²) in [5.41, 5.74) is 6.09. The zero-order chi connectivity index (χ0) is 19.4. The van der Waals surface area contributed by atoms with Gasteiger partial charge in [0.15, 0.2) is 0 Å². The van der Waals surface area contributed by atoms with Crippen molar-refractivity contribution in [1.82, 2.24) is 10.3 Å². The van der Waals surface area contributed by atoms with E-state index in [1.807, 2.05) is 45.0 Å². The maximum absolute atomic E-state index is 11.9. The summed E-state index contributed by atoms with van der Waals surface area (Å²) in [5, 5.41) is 16.6. The third kappa shape index (κ3) is 3.90. The fourth-order valence-electron chi connectivity index (χ4n) is 3.16. The quantitative estimate of drug-likeness (QED) is 0.720. The van der Waals surface area contributed by atoms with E-state index in [4.69, 9.17) is 0 Å². The molecule has 3 rings (SSSR count). The molecule has 0 saturated heterocycles. The van der Waals surface area contributed by atoms with Gasteiger partial charge in [-0.05, 0) is 50.1 Å². The van der Waals surface area contributed by atoms with Crippen LogP contribution in [-0.2, 0) is 6.54 Å².